The zero-order valence-electron chi connectivity index (χ0n) is 13.0. The van der Waals surface area contributed by atoms with Crippen molar-refractivity contribution in [1.82, 2.24) is 4.90 Å². The van der Waals surface area contributed by atoms with Crippen LogP contribution in [0.25, 0.3) is 0 Å². The number of nitrogens with zero attached hydrogens (tertiary/aromatic N) is 2. The summed E-state index contributed by atoms with van der Waals surface area (Å²) in [5.74, 6) is 0.596. The van der Waals surface area contributed by atoms with Crippen LogP contribution in [-0.4, -0.2) is 29.5 Å². The molecule has 0 bridgehead atoms. The standard InChI is InChI=1S/C15H25N3O2/c1-11(2)9-17(12(3)4)10-13-6-7-15(18(19)20)14(8-13)16-5/h6-8,11-12,16H,9-10H2,1-5H3. The molecule has 5 nitrogen and oxygen atoms in total. The molecule has 0 atom stereocenters. The topological polar surface area (TPSA) is 58.4 Å². The third kappa shape index (κ3) is 4.49. The lowest BCUT2D eigenvalue weighted by Crippen LogP contribution is -2.33. The maximum Gasteiger partial charge on any atom is 0.292 e. The zero-order valence-corrected chi connectivity index (χ0v) is 13.0. The van der Waals surface area contributed by atoms with Gasteiger partial charge in [0, 0.05) is 32.2 Å². The number of benzene rings is 1. The first-order chi connectivity index (χ1) is 9.35. The number of nitro groups is 1. The molecule has 112 valence electrons. The SMILES string of the molecule is CNc1cc(CN(CC(C)C)C(C)C)ccc1[N+](=O)[O-]. The molecule has 0 aliphatic heterocycles. The minimum Gasteiger partial charge on any atom is -0.383 e. The Labute approximate surface area is 121 Å². The van der Waals surface area contributed by atoms with E-state index in [0.717, 1.165) is 18.7 Å². The van der Waals surface area contributed by atoms with E-state index in [1.54, 1.807) is 13.1 Å². The van der Waals surface area contributed by atoms with Gasteiger partial charge in [0.1, 0.15) is 5.69 Å². The number of hydrogen-bond donors (Lipinski definition) is 1. The fraction of sp³-hybridized carbons (Fsp3) is 0.600. The summed E-state index contributed by atoms with van der Waals surface area (Å²) < 4.78 is 0. The Hall–Kier alpha value is -1.62. The molecule has 1 N–H and O–H groups in total. The van der Waals surface area contributed by atoms with Crippen molar-refractivity contribution >= 4 is 11.4 Å². The van der Waals surface area contributed by atoms with Crippen LogP contribution in [0.3, 0.4) is 0 Å². The number of hydrogen-bond acceptors (Lipinski definition) is 4. The van der Waals surface area contributed by atoms with Gasteiger partial charge in [-0.25, -0.2) is 0 Å². The van der Waals surface area contributed by atoms with Gasteiger partial charge in [-0.2, -0.15) is 0 Å². The smallest absolute Gasteiger partial charge is 0.292 e. The third-order valence-corrected chi connectivity index (χ3v) is 3.24. The number of anilines is 1. The molecule has 0 heterocycles. The van der Waals surface area contributed by atoms with E-state index in [1.807, 2.05) is 12.1 Å². The van der Waals surface area contributed by atoms with Gasteiger partial charge in [-0.15, -0.1) is 0 Å². The third-order valence-electron chi connectivity index (χ3n) is 3.24. The predicted molar refractivity (Wildman–Crippen MR) is 83.0 cm³/mol. The van der Waals surface area contributed by atoms with Crippen LogP contribution in [0.5, 0.6) is 0 Å². The van der Waals surface area contributed by atoms with Gasteiger partial charge in [-0.05, 0) is 31.4 Å². The molecule has 0 amide bonds. The largest absolute Gasteiger partial charge is 0.383 e. The van der Waals surface area contributed by atoms with E-state index in [1.165, 1.54) is 0 Å². The molecule has 0 radical (unpaired) electrons. The molecular weight excluding hydrogens is 254 g/mol. The van der Waals surface area contributed by atoms with Crippen LogP contribution in [0, 0.1) is 16.0 Å². The molecule has 0 spiro atoms. The van der Waals surface area contributed by atoms with Crippen LogP contribution >= 0.6 is 0 Å². The normalized spacial score (nSPS) is 11.4. The molecule has 1 aromatic carbocycles. The first-order valence-corrected chi connectivity index (χ1v) is 7.04. The molecule has 0 aliphatic carbocycles. The summed E-state index contributed by atoms with van der Waals surface area (Å²) in [4.78, 5) is 12.9. The molecule has 1 rings (SSSR count). The summed E-state index contributed by atoms with van der Waals surface area (Å²) in [7, 11) is 1.71. The van der Waals surface area contributed by atoms with E-state index in [9.17, 15) is 10.1 Å². The Morgan fingerprint density at radius 3 is 2.40 bits per heavy atom. The molecule has 1 aromatic rings. The molecule has 0 saturated carbocycles. The summed E-state index contributed by atoms with van der Waals surface area (Å²) in [6, 6.07) is 5.74. The summed E-state index contributed by atoms with van der Waals surface area (Å²) in [6.45, 7) is 10.6. The lowest BCUT2D eigenvalue weighted by molar-refractivity contribution is -0.384. The maximum atomic E-state index is 10.9. The van der Waals surface area contributed by atoms with E-state index in [-0.39, 0.29) is 10.6 Å². The second-order valence-electron chi connectivity index (χ2n) is 5.78. The van der Waals surface area contributed by atoms with E-state index >= 15 is 0 Å². The number of nitro benzene ring substituents is 1. The Morgan fingerprint density at radius 1 is 1.30 bits per heavy atom. The Bertz CT molecular complexity index is 458. The average Bonchev–Trinajstić information content (AvgIpc) is 2.36. The summed E-state index contributed by atoms with van der Waals surface area (Å²) in [5.41, 5.74) is 1.78. The van der Waals surface area contributed by atoms with Gasteiger partial charge in [-0.3, -0.25) is 15.0 Å². The zero-order chi connectivity index (χ0) is 15.3. The predicted octanol–water partition coefficient (Wildman–Crippen LogP) is 3.50. The number of rotatable bonds is 7. The fourth-order valence-electron chi connectivity index (χ4n) is 2.20. The van der Waals surface area contributed by atoms with Crippen molar-refractivity contribution in [3.8, 4) is 0 Å². The Kier molecular flexibility index (Phi) is 5.95. The maximum absolute atomic E-state index is 10.9. The van der Waals surface area contributed by atoms with Gasteiger partial charge >= 0.3 is 0 Å². The highest BCUT2D eigenvalue weighted by molar-refractivity contribution is 5.62. The summed E-state index contributed by atoms with van der Waals surface area (Å²) >= 11 is 0. The van der Waals surface area contributed by atoms with Gasteiger partial charge in [0.2, 0.25) is 0 Å². The van der Waals surface area contributed by atoms with Gasteiger partial charge in [0.25, 0.3) is 5.69 Å². The van der Waals surface area contributed by atoms with E-state index in [0.29, 0.717) is 17.6 Å². The van der Waals surface area contributed by atoms with Gasteiger partial charge in [-0.1, -0.05) is 19.9 Å². The second kappa shape index (κ2) is 7.24. The minimum atomic E-state index is -0.357. The minimum absolute atomic E-state index is 0.121. The Balaban J connectivity index is 2.93. The van der Waals surface area contributed by atoms with Crippen molar-refractivity contribution in [3.05, 3.63) is 33.9 Å². The molecule has 5 heteroatoms. The lowest BCUT2D eigenvalue weighted by Gasteiger charge is -2.28. The molecule has 20 heavy (non-hydrogen) atoms. The first kappa shape index (κ1) is 16.4. The lowest BCUT2D eigenvalue weighted by atomic mass is 10.1. The fourth-order valence-corrected chi connectivity index (χ4v) is 2.20. The molecular formula is C15H25N3O2. The van der Waals surface area contributed by atoms with E-state index in [4.69, 9.17) is 0 Å². The van der Waals surface area contributed by atoms with Crippen LogP contribution in [-0.2, 0) is 6.54 Å². The van der Waals surface area contributed by atoms with Gasteiger partial charge in [0.15, 0.2) is 0 Å². The first-order valence-electron chi connectivity index (χ1n) is 7.04. The molecule has 0 saturated heterocycles. The Morgan fingerprint density at radius 2 is 1.95 bits per heavy atom. The van der Waals surface area contributed by atoms with E-state index in [2.05, 4.69) is 37.9 Å². The van der Waals surface area contributed by atoms with E-state index < -0.39 is 0 Å². The number of nitrogens with one attached hydrogen (secondary N) is 1. The van der Waals surface area contributed by atoms with Crippen molar-refractivity contribution < 1.29 is 4.92 Å². The van der Waals surface area contributed by atoms with Crippen molar-refractivity contribution in [2.24, 2.45) is 5.92 Å². The van der Waals surface area contributed by atoms with Gasteiger partial charge in [0.05, 0.1) is 4.92 Å². The highest BCUT2D eigenvalue weighted by Gasteiger charge is 2.16. The van der Waals surface area contributed by atoms with Crippen LogP contribution in [0.2, 0.25) is 0 Å². The highest BCUT2D eigenvalue weighted by Crippen LogP contribution is 2.25. The van der Waals surface area contributed by atoms with Crippen molar-refractivity contribution in [1.29, 1.82) is 0 Å². The van der Waals surface area contributed by atoms with Gasteiger partial charge < -0.3 is 5.32 Å². The van der Waals surface area contributed by atoms with Crippen LogP contribution in [0.1, 0.15) is 33.3 Å². The quantitative estimate of drug-likeness (QED) is 0.613. The summed E-state index contributed by atoms with van der Waals surface area (Å²) in [5, 5.41) is 13.8. The second-order valence-corrected chi connectivity index (χ2v) is 5.78. The van der Waals surface area contributed by atoms with Crippen LogP contribution in [0.4, 0.5) is 11.4 Å². The molecule has 0 aromatic heterocycles. The average molecular weight is 279 g/mol. The van der Waals surface area contributed by atoms with Crippen LogP contribution < -0.4 is 5.32 Å². The highest BCUT2D eigenvalue weighted by atomic mass is 16.6. The van der Waals surface area contributed by atoms with Crippen molar-refractivity contribution in [3.63, 3.8) is 0 Å². The van der Waals surface area contributed by atoms with Crippen LogP contribution in [0.15, 0.2) is 18.2 Å². The monoisotopic (exact) mass is 279 g/mol. The molecule has 0 aliphatic rings. The molecule has 0 fully saturated rings. The van der Waals surface area contributed by atoms with Crippen molar-refractivity contribution in [2.75, 3.05) is 18.9 Å². The molecule has 0 unspecified atom stereocenters. The summed E-state index contributed by atoms with van der Waals surface area (Å²) in [6.07, 6.45) is 0. The van der Waals surface area contributed by atoms with Crippen molar-refractivity contribution in [2.45, 2.75) is 40.3 Å².